The molecule has 1 unspecified atom stereocenters. The van der Waals surface area contributed by atoms with E-state index in [1.165, 1.54) is 11.1 Å². The molecule has 0 spiro atoms. The molecule has 0 saturated carbocycles. The molecule has 108 valence electrons. The van der Waals surface area contributed by atoms with Gasteiger partial charge in [-0.3, -0.25) is 0 Å². The Balaban J connectivity index is 0.00000180. The van der Waals surface area contributed by atoms with Crippen LogP contribution >= 0.6 is 12.4 Å². The van der Waals surface area contributed by atoms with Crippen molar-refractivity contribution < 1.29 is 9.47 Å². The molecule has 1 aliphatic rings. The molecule has 3 nitrogen and oxygen atoms in total. The Hall–Kier alpha value is -0.610. The third-order valence-corrected chi connectivity index (χ3v) is 3.51. The zero-order valence-electron chi connectivity index (χ0n) is 12.1. The third kappa shape index (κ3) is 4.18. The molecule has 1 atom stereocenters. The van der Waals surface area contributed by atoms with Crippen LogP contribution in [0.2, 0.25) is 0 Å². The van der Waals surface area contributed by atoms with E-state index in [4.69, 9.17) is 9.47 Å². The monoisotopic (exact) mass is 285 g/mol. The molecular formula is C15H24ClNO2. The number of hydrogen-bond acceptors (Lipinski definition) is 3. The Bertz CT molecular complexity index is 372. The lowest BCUT2D eigenvalue weighted by Crippen LogP contribution is -2.38. The van der Waals surface area contributed by atoms with Crippen molar-refractivity contribution in [3.8, 4) is 0 Å². The summed E-state index contributed by atoms with van der Waals surface area (Å²) in [6.07, 6.45) is -0.0675. The molecule has 0 N–H and O–H groups in total. The van der Waals surface area contributed by atoms with Crippen LogP contribution in [-0.2, 0) is 9.47 Å². The van der Waals surface area contributed by atoms with Gasteiger partial charge in [-0.25, -0.2) is 0 Å². The van der Waals surface area contributed by atoms with Gasteiger partial charge in [-0.15, -0.1) is 12.4 Å². The van der Waals surface area contributed by atoms with E-state index in [0.717, 1.165) is 13.2 Å². The minimum Gasteiger partial charge on any atom is -0.353 e. The summed E-state index contributed by atoms with van der Waals surface area (Å²) >= 11 is 0. The summed E-state index contributed by atoms with van der Waals surface area (Å²) in [5.74, 6) is 0.388. The lowest BCUT2D eigenvalue weighted by atomic mass is 9.92. The highest BCUT2D eigenvalue weighted by atomic mass is 35.5. The maximum Gasteiger partial charge on any atom is 0.154 e. The van der Waals surface area contributed by atoms with Crippen LogP contribution in [0.5, 0.6) is 0 Å². The Morgan fingerprint density at radius 3 is 2.11 bits per heavy atom. The largest absolute Gasteiger partial charge is 0.353 e. The summed E-state index contributed by atoms with van der Waals surface area (Å²) in [4.78, 5) is 2.25. The Morgan fingerprint density at radius 1 is 1.11 bits per heavy atom. The first-order chi connectivity index (χ1) is 8.58. The quantitative estimate of drug-likeness (QED) is 0.852. The second-order valence-electron chi connectivity index (χ2n) is 5.31. The first-order valence-corrected chi connectivity index (χ1v) is 6.54. The van der Waals surface area contributed by atoms with Crippen molar-refractivity contribution in [2.75, 3.05) is 27.3 Å². The Morgan fingerprint density at radius 2 is 1.63 bits per heavy atom. The average Bonchev–Trinajstić information content (AvgIpc) is 2.34. The molecular weight excluding hydrogens is 262 g/mol. The molecule has 1 aromatic rings. The number of halogens is 1. The SMILES string of the molecule is Cc1ccc(C(C2COC(C)OC2)N(C)C)cc1.Cl. The van der Waals surface area contributed by atoms with Crippen molar-refractivity contribution in [3.05, 3.63) is 35.4 Å². The average molecular weight is 286 g/mol. The van der Waals surface area contributed by atoms with Crippen molar-refractivity contribution in [3.63, 3.8) is 0 Å². The van der Waals surface area contributed by atoms with Gasteiger partial charge >= 0.3 is 0 Å². The van der Waals surface area contributed by atoms with Crippen LogP contribution in [0.15, 0.2) is 24.3 Å². The van der Waals surface area contributed by atoms with Crippen LogP contribution < -0.4 is 0 Å². The van der Waals surface area contributed by atoms with Crippen molar-refractivity contribution in [2.45, 2.75) is 26.2 Å². The summed E-state index contributed by atoms with van der Waals surface area (Å²) in [6, 6.07) is 9.09. The molecule has 1 saturated heterocycles. The van der Waals surface area contributed by atoms with Gasteiger partial charge in [0.05, 0.1) is 13.2 Å². The van der Waals surface area contributed by atoms with Gasteiger partial charge in [-0.2, -0.15) is 0 Å². The Kier molecular flexibility index (Phi) is 6.27. The third-order valence-electron chi connectivity index (χ3n) is 3.51. The van der Waals surface area contributed by atoms with Gasteiger partial charge < -0.3 is 14.4 Å². The van der Waals surface area contributed by atoms with E-state index in [1.54, 1.807) is 0 Å². The number of ether oxygens (including phenoxy) is 2. The first kappa shape index (κ1) is 16.4. The van der Waals surface area contributed by atoms with E-state index < -0.39 is 0 Å². The van der Waals surface area contributed by atoms with Crippen molar-refractivity contribution in [2.24, 2.45) is 5.92 Å². The molecule has 1 aliphatic heterocycles. The molecule has 1 fully saturated rings. The van der Waals surface area contributed by atoms with E-state index >= 15 is 0 Å². The lowest BCUT2D eigenvalue weighted by Gasteiger charge is -2.36. The molecule has 2 rings (SSSR count). The molecule has 19 heavy (non-hydrogen) atoms. The molecule has 0 radical (unpaired) electrons. The second-order valence-corrected chi connectivity index (χ2v) is 5.31. The van der Waals surface area contributed by atoms with Crippen LogP contribution in [0.4, 0.5) is 0 Å². The zero-order valence-corrected chi connectivity index (χ0v) is 12.9. The molecule has 0 aromatic heterocycles. The summed E-state index contributed by atoms with van der Waals surface area (Å²) in [5.41, 5.74) is 2.62. The van der Waals surface area contributed by atoms with E-state index in [1.807, 2.05) is 6.92 Å². The predicted octanol–water partition coefficient (Wildman–Crippen LogP) is 3.03. The first-order valence-electron chi connectivity index (χ1n) is 6.54. The zero-order chi connectivity index (χ0) is 13.1. The fraction of sp³-hybridized carbons (Fsp3) is 0.600. The standard InChI is InChI=1S/C15H23NO2.ClH/c1-11-5-7-13(8-6-11)15(16(3)4)14-9-17-12(2)18-10-14;/h5-8,12,14-15H,9-10H2,1-4H3;1H. The smallest absolute Gasteiger partial charge is 0.154 e. The summed E-state index contributed by atoms with van der Waals surface area (Å²) < 4.78 is 11.2. The van der Waals surface area contributed by atoms with E-state index in [-0.39, 0.29) is 18.7 Å². The summed E-state index contributed by atoms with van der Waals surface area (Å²) in [5, 5.41) is 0. The van der Waals surface area contributed by atoms with Crippen LogP contribution in [-0.4, -0.2) is 38.5 Å². The number of nitrogens with zero attached hydrogens (tertiary/aromatic N) is 1. The highest BCUT2D eigenvalue weighted by Gasteiger charge is 2.29. The van der Waals surface area contributed by atoms with Crippen LogP contribution in [0.25, 0.3) is 0 Å². The molecule has 4 heteroatoms. The maximum atomic E-state index is 5.62. The predicted molar refractivity (Wildman–Crippen MR) is 79.7 cm³/mol. The van der Waals surface area contributed by atoms with Gasteiger partial charge in [0.2, 0.25) is 0 Å². The van der Waals surface area contributed by atoms with Gasteiger partial charge in [-0.05, 0) is 33.5 Å². The highest BCUT2D eigenvalue weighted by molar-refractivity contribution is 5.85. The van der Waals surface area contributed by atoms with E-state index in [9.17, 15) is 0 Å². The normalized spacial score (nSPS) is 24.9. The maximum absolute atomic E-state index is 5.62. The lowest BCUT2D eigenvalue weighted by molar-refractivity contribution is -0.199. The highest BCUT2D eigenvalue weighted by Crippen LogP contribution is 2.30. The second kappa shape index (κ2) is 7.25. The fourth-order valence-electron chi connectivity index (χ4n) is 2.55. The molecule has 0 amide bonds. The topological polar surface area (TPSA) is 21.7 Å². The van der Waals surface area contributed by atoms with Gasteiger partial charge in [0.1, 0.15) is 0 Å². The summed E-state index contributed by atoms with van der Waals surface area (Å²) in [6.45, 7) is 5.59. The van der Waals surface area contributed by atoms with Crippen LogP contribution in [0.3, 0.4) is 0 Å². The molecule has 0 aliphatic carbocycles. The minimum atomic E-state index is -0.0675. The number of hydrogen-bond donors (Lipinski definition) is 0. The minimum absolute atomic E-state index is 0. The van der Waals surface area contributed by atoms with Crippen molar-refractivity contribution in [1.82, 2.24) is 4.90 Å². The van der Waals surface area contributed by atoms with Gasteiger partial charge in [0.15, 0.2) is 6.29 Å². The number of benzene rings is 1. The van der Waals surface area contributed by atoms with Gasteiger partial charge in [0.25, 0.3) is 0 Å². The van der Waals surface area contributed by atoms with Crippen molar-refractivity contribution in [1.29, 1.82) is 0 Å². The summed E-state index contributed by atoms with van der Waals surface area (Å²) in [7, 11) is 4.23. The number of aryl methyl sites for hydroxylation is 1. The molecule has 0 bridgehead atoms. The number of rotatable bonds is 3. The van der Waals surface area contributed by atoms with Gasteiger partial charge in [0, 0.05) is 12.0 Å². The van der Waals surface area contributed by atoms with Crippen LogP contribution in [0, 0.1) is 12.8 Å². The Labute approximate surface area is 122 Å². The van der Waals surface area contributed by atoms with Crippen molar-refractivity contribution >= 4 is 12.4 Å². The van der Waals surface area contributed by atoms with E-state index in [2.05, 4.69) is 50.2 Å². The molecule has 1 heterocycles. The fourth-order valence-corrected chi connectivity index (χ4v) is 2.55. The molecule has 1 aromatic carbocycles. The van der Waals surface area contributed by atoms with Gasteiger partial charge in [-0.1, -0.05) is 29.8 Å². The van der Waals surface area contributed by atoms with Crippen LogP contribution in [0.1, 0.15) is 24.1 Å². The van der Waals surface area contributed by atoms with E-state index in [0.29, 0.717) is 12.0 Å².